The predicted molar refractivity (Wildman–Crippen MR) is 100 cm³/mol. The van der Waals surface area contributed by atoms with Crippen LogP contribution in [-0.2, 0) is 6.42 Å². The summed E-state index contributed by atoms with van der Waals surface area (Å²) in [7, 11) is 0. The van der Waals surface area contributed by atoms with Crippen LogP contribution < -0.4 is 4.74 Å². The molecule has 0 spiro atoms. The van der Waals surface area contributed by atoms with Gasteiger partial charge in [-0.2, -0.15) is 0 Å². The number of hydrogen-bond donors (Lipinski definition) is 0. The molecule has 1 aliphatic carbocycles. The van der Waals surface area contributed by atoms with Crippen molar-refractivity contribution in [2.24, 2.45) is 0 Å². The number of benzene rings is 3. The maximum absolute atomic E-state index is 15.0. The van der Waals surface area contributed by atoms with Crippen LogP contribution in [0.25, 0.3) is 11.6 Å². The number of fused-ring (bicyclic) bond motifs is 1. The molecule has 128 valence electrons. The molecule has 3 aromatic carbocycles. The van der Waals surface area contributed by atoms with E-state index in [0.29, 0.717) is 11.1 Å². The summed E-state index contributed by atoms with van der Waals surface area (Å²) in [6.07, 6.45) is 3.64. The molecule has 0 amide bonds. The molecule has 3 aromatic rings. The lowest BCUT2D eigenvalue weighted by Crippen LogP contribution is -2.10. The van der Waals surface area contributed by atoms with Gasteiger partial charge in [0.05, 0.1) is 5.56 Å². The van der Waals surface area contributed by atoms with Crippen LogP contribution in [0.1, 0.15) is 33.5 Å². The van der Waals surface area contributed by atoms with E-state index in [2.05, 4.69) is 6.07 Å². The fourth-order valence-corrected chi connectivity index (χ4v) is 3.21. The van der Waals surface area contributed by atoms with Crippen LogP contribution in [0.15, 0.2) is 72.8 Å². The monoisotopic (exact) mass is 344 g/mol. The summed E-state index contributed by atoms with van der Waals surface area (Å²) >= 11 is 0. The summed E-state index contributed by atoms with van der Waals surface area (Å²) in [4.78, 5) is 12.2. The van der Waals surface area contributed by atoms with E-state index in [4.69, 9.17) is 4.74 Å². The fraction of sp³-hybridized carbons (Fsp3) is 0.0870. The molecule has 0 saturated carbocycles. The van der Waals surface area contributed by atoms with Crippen LogP contribution in [0.5, 0.6) is 5.75 Å². The number of carbonyl (C=O) groups is 1. The molecule has 2 nitrogen and oxygen atoms in total. The molecule has 0 bridgehead atoms. The van der Waals surface area contributed by atoms with Gasteiger partial charge in [-0.1, -0.05) is 60.7 Å². The van der Waals surface area contributed by atoms with Crippen LogP contribution in [0.3, 0.4) is 0 Å². The first-order valence-corrected chi connectivity index (χ1v) is 8.57. The lowest BCUT2D eigenvalue weighted by atomic mass is 9.88. The largest absolute Gasteiger partial charge is 0.420 e. The average molecular weight is 344 g/mol. The van der Waals surface area contributed by atoms with Crippen molar-refractivity contribution in [3.63, 3.8) is 0 Å². The second-order valence-electron chi connectivity index (χ2n) is 6.24. The average Bonchev–Trinajstić information content (AvgIpc) is 2.70. The molecule has 0 heterocycles. The highest BCUT2D eigenvalue weighted by Crippen LogP contribution is 2.34. The van der Waals surface area contributed by atoms with E-state index < -0.39 is 11.8 Å². The number of esters is 1. The highest BCUT2D eigenvalue weighted by molar-refractivity contribution is 5.91. The van der Waals surface area contributed by atoms with Crippen LogP contribution in [-0.4, -0.2) is 5.97 Å². The Labute approximate surface area is 151 Å². The third-order valence-electron chi connectivity index (χ3n) is 4.57. The van der Waals surface area contributed by atoms with Gasteiger partial charge in [-0.25, -0.2) is 9.18 Å². The topological polar surface area (TPSA) is 26.3 Å². The minimum Gasteiger partial charge on any atom is -0.420 e. The van der Waals surface area contributed by atoms with E-state index in [1.54, 1.807) is 36.4 Å². The minimum atomic E-state index is -0.565. The van der Waals surface area contributed by atoms with Crippen LogP contribution in [0.4, 0.5) is 4.39 Å². The van der Waals surface area contributed by atoms with E-state index in [1.165, 1.54) is 11.6 Å². The first-order chi connectivity index (χ1) is 12.7. The normalized spacial score (nSPS) is 12.9. The van der Waals surface area contributed by atoms with Gasteiger partial charge in [0.1, 0.15) is 0 Å². The number of aryl methyl sites for hydroxylation is 1. The number of rotatable bonds is 3. The Balaban J connectivity index is 1.65. The van der Waals surface area contributed by atoms with Crippen molar-refractivity contribution in [3.8, 4) is 5.75 Å². The summed E-state index contributed by atoms with van der Waals surface area (Å²) in [5, 5.41) is 0. The van der Waals surface area contributed by atoms with E-state index in [1.807, 2.05) is 30.3 Å². The predicted octanol–water partition coefficient (Wildman–Crippen LogP) is 5.53. The molecular weight excluding hydrogens is 327 g/mol. The summed E-state index contributed by atoms with van der Waals surface area (Å²) in [5.41, 5.74) is 4.17. The third-order valence-corrected chi connectivity index (χ3v) is 4.57. The molecule has 0 aromatic heterocycles. The van der Waals surface area contributed by atoms with Crippen molar-refractivity contribution < 1.29 is 13.9 Å². The SMILES string of the molecule is O=C(Oc1cccc(C2=Cc3ccccc3CC2)c1F)c1ccccc1. The smallest absolute Gasteiger partial charge is 0.343 e. The van der Waals surface area contributed by atoms with Crippen molar-refractivity contribution in [2.45, 2.75) is 12.8 Å². The van der Waals surface area contributed by atoms with Gasteiger partial charge in [0, 0.05) is 5.56 Å². The van der Waals surface area contributed by atoms with Crippen LogP contribution >= 0.6 is 0 Å². The van der Waals surface area contributed by atoms with Gasteiger partial charge in [0.25, 0.3) is 0 Å². The number of hydrogen-bond acceptors (Lipinski definition) is 2. The van der Waals surface area contributed by atoms with Gasteiger partial charge in [0.15, 0.2) is 11.6 Å². The van der Waals surface area contributed by atoms with Gasteiger partial charge in [-0.05, 0) is 47.7 Å². The zero-order valence-corrected chi connectivity index (χ0v) is 14.1. The summed E-state index contributed by atoms with van der Waals surface area (Å²) in [6.45, 7) is 0. The number of carbonyl (C=O) groups excluding carboxylic acids is 1. The highest BCUT2D eigenvalue weighted by atomic mass is 19.1. The number of ether oxygens (including phenoxy) is 1. The molecule has 0 aliphatic heterocycles. The van der Waals surface area contributed by atoms with Gasteiger partial charge in [0.2, 0.25) is 0 Å². The van der Waals surface area contributed by atoms with Crippen molar-refractivity contribution in [3.05, 3.63) is 101 Å². The molecule has 0 radical (unpaired) electrons. The van der Waals surface area contributed by atoms with Gasteiger partial charge in [-0.15, -0.1) is 0 Å². The molecule has 3 heteroatoms. The molecule has 0 fully saturated rings. The van der Waals surface area contributed by atoms with E-state index in [0.717, 1.165) is 24.0 Å². The molecular formula is C23H17FO2. The molecule has 0 N–H and O–H groups in total. The van der Waals surface area contributed by atoms with Crippen LogP contribution in [0.2, 0.25) is 0 Å². The zero-order valence-electron chi connectivity index (χ0n) is 14.1. The molecule has 0 saturated heterocycles. The Morgan fingerprint density at radius 3 is 2.46 bits per heavy atom. The van der Waals surface area contributed by atoms with Crippen molar-refractivity contribution in [1.29, 1.82) is 0 Å². The van der Waals surface area contributed by atoms with Gasteiger partial charge in [-0.3, -0.25) is 0 Å². The second-order valence-corrected chi connectivity index (χ2v) is 6.24. The number of allylic oxidation sites excluding steroid dienone is 1. The molecule has 0 atom stereocenters. The molecule has 4 rings (SSSR count). The Kier molecular flexibility index (Phi) is 4.36. The summed E-state index contributed by atoms with van der Waals surface area (Å²) in [6, 6.07) is 21.6. The van der Waals surface area contributed by atoms with Crippen molar-refractivity contribution >= 4 is 17.6 Å². The second kappa shape index (κ2) is 6.96. The maximum atomic E-state index is 15.0. The van der Waals surface area contributed by atoms with E-state index in [9.17, 15) is 9.18 Å². The van der Waals surface area contributed by atoms with Crippen molar-refractivity contribution in [2.75, 3.05) is 0 Å². The van der Waals surface area contributed by atoms with Crippen molar-refractivity contribution in [1.82, 2.24) is 0 Å². The quantitative estimate of drug-likeness (QED) is 0.461. The molecule has 26 heavy (non-hydrogen) atoms. The first kappa shape index (κ1) is 16.3. The minimum absolute atomic E-state index is 0.0453. The summed E-state index contributed by atoms with van der Waals surface area (Å²) < 4.78 is 20.3. The fourth-order valence-electron chi connectivity index (χ4n) is 3.21. The Morgan fingerprint density at radius 2 is 1.62 bits per heavy atom. The van der Waals surface area contributed by atoms with E-state index in [-0.39, 0.29) is 5.75 Å². The Hall–Kier alpha value is -3.20. The standard InChI is InChI=1S/C23H17FO2/c24-22-20(19-14-13-16-7-4-5-10-18(16)15-19)11-6-12-21(22)26-23(25)17-8-2-1-3-9-17/h1-12,15H,13-14H2. The van der Waals surface area contributed by atoms with Gasteiger partial charge >= 0.3 is 5.97 Å². The molecule has 0 unspecified atom stereocenters. The lowest BCUT2D eigenvalue weighted by molar-refractivity contribution is 0.0728. The highest BCUT2D eigenvalue weighted by Gasteiger charge is 2.19. The third kappa shape index (κ3) is 3.16. The number of halogens is 1. The maximum Gasteiger partial charge on any atom is 0.343 e. The molecule has 1 aliphatic rings. The lowest BCUT2D eigenvalue weighted by Gasteiger charge is -2.18. The summed E-state index contributed by atoms with van der Waals surface area (Å²) in [5.74, 6) is -1.11. The van der Waals surface area contributed by atoms with E-state index >= 15 is 0 Å². The first-order valence-electron chi connectivity index (χ1n) is 8.57. The zero-order chi connectivity index (χ0) is 17.9. The van der Waals surface area contributed by atoms with Crippen LogP contribution in [0, 0.1) is 5.82 Å². The Bertz CT molecular complexity index is 990. The Morgan fingerprint density at radius 1 is 0.846 bits per heavy atom. The van der Waals surface area contributed by atoms with Gasteiger partial charge < -0.3 is 4.74 Å².